The molecule has 0 aliphatic rings. The second kappa shape index (κ2) is 5.01. The summed E-state index contributed by atoms with van der Waals surface area (Å²) in [6.45, 7) is 7.78. The topological polar surface area (TPSA) is 35.2 Å². The van der Waals surface area contributed by atoms with Gasteiger partial charge in [-0.05, 0) is 30.0 Å². The van der Waals surface area contributed by atoms with E-state index in [1.807, 2.05) is 19.1 Å². The van der Waals surface area contributed by atoms with Crippen molar-refractivity contribution in [2.24, 2.45) is 5.92 Å². The molecule has 1 aromatic rings. The van der Waals surface area contributed by atoms with Gasteiger partial charge in [0.2, 0.25) is 0 Å². The molecule has 0 saturated heterocycles. The minimum absolute atomic E-state index is 0.580. The molecule has 0 aromatic heterocycles. The standard InChI is InChI=1S/C12H19NO/c1-9(2)7-14-8-11-5-4-6-12(13)10(11)3/h4-6,9H,7-8,13H2,1-3H3. The molecule has 0 amide bonds. The predicted octanol–water partition coefficient (Wildman–Crippen LogP) is 2.75. The van der Waals surface area contributed by atoms with Crippen molar-refractivity contribution >= 4 is 5.69 Å². The highest BCUT2D eigenvalue weighted by Gasteiger charge is 2.01. The normalized spacial score (nSPS) is 10.9. The number of benzene rings is 1. The molecular formula is C12H19NO. The van der Waals surface area contributed by atoms with E-state index >= 15 is 0 Å². The molecule has 78 valence electrons. The predicted molar refractivity (Wildman–Crippen MR) is 60.1 cm³/mol. The van der Waals surface area contributed by atoms with E-state index in [0.29, 0.717) is 12.5 Å². The van der Waals surface area contributed by atoms with Gasteiger partial charge in [0.1, 0.15) is 0 Å². The SMILES string of the molecule is Cc1c(N)cccc1COCC(C)C. The maximum atomic E-state index is 5.80. The van der Waals surface area contributed by atoms with E-state index in [-0.39, 0.29) is 0 Å². The Kier molecular flexibility index (Phi) is 3.96. The van der Waals surface area contributed by atoms with E-state index in [0.717, 1.165) is 17.9 Å². The number of hydrogen-bond donors (Lipinski definition) is 1. The first-order chi connectivity index (χ1) is 6.61. The van der Waals surface area contributed by atoms with Crippen molar-refractivity contribution < 1.29 is 4.74 Å². The lowest BCUT2D eigenvalue weighted by atomic mass is 10.1. The van der Waals surface area contributed by atoms with Crippen LogP contribution in [-0.2, 0) is 11.3 Å². The lowest BCUT2D eigenvalue weighted by molar-refractivity contribution is 0.0968. The summed E-state index contributed by atoms with van der Waals surface area (Å²) in [6, 6.07) is 5.95. The number of hydrogen-bond acceptors (Lipinski definition) is 2. The molecule has 14 heavy (non-hydrogen) atoms. The average Bonchev–Trinajstić information content (AvgIpc) is 2.12. The Bertz CT molecular complexity index is 294. The zero-order chi connectivity index (χ0) is 10.6. The van der Waals surface area contributed by atoms with Crippen LogP contribution in [0.3, 0.4) is 0 Å². The highest BCUT2D eigenvalue weighted by Crippen LogP contribution is 2.16. The summed E-state index contributed by atoms with van der Waals surface area (Å²) in [6.07, 6.45) is 0. The summed E-state index contributed by atoms with van der Waals surface area (Å²) in [7, 11) is 0. The Hall–Kier alpha value is -1.02. The fourth-order valence-electron chi connectivity index (χ4n) is 1.26. The van der Waals surface area contributed by atoms with Gasteiger partial charge in [0.05, 0.1) is 6.61 Å². The lowest BCUT2D eigenvalue weighted by Gasteiger charge is -2.10. The van der Waals surface area contributed by atoms with E-state index in [4.69, 9.17) is 10.5 Å². The van der Waals surface area contributed by atoms with Gasteiger partial charge >= 0.3 is 0 Å². The molecule has 0 bridgehead atoms. The second-order valence-corrected chi connectivity index (χ2v) is 4.04. The van der Waals surface area contributed by atoms with Crippen molar-refractivity contribution in [3.05, 3.63) is 29.3 Å². The molecule has 2 nitrogen and oxygen atoms in total. The monoisotopic (exact) mass is 193 g/mol. The van der Waals surface area contributed by atoms with E-state index in [1.54, 1.807) is 0 Å². The van der Waals surface area contributed by atoms with Crippen molar-refractivity contribution in [2.45, 2.75) is 27.4 Å². The first kappa shape index (κ1) is 11.1. The van der Waals surface area contributed by atoms with Gasteiger partial charge in [-0.3, -0.25) is 0 Å². The zero-order valence-corrected chi connectivity index (χ0v) is 9.21. The van der Waals surface area contributed by atoms with E-state index in [2.05, 4.69) is 19.9 Å². The number of ether oxygens (including phenoxy) is 1. The summed E-state index contributed by atoms with van der Waals surface area (Å²) in [5, 5.41) is 0. The summed E-state index contributed by atoms with van der Waals surface area (Å²) in [5.41, 5.74) is 8.96. The average molecular weight is 193 g/mol. The van der Waals surface area contributed by atoms with Crippen LogP contribution in [0.1, 0.15) is 25.0 Å². The Morgan fingerprint density at radius 1 is 1.36 bits per heavy atom. The molecule has 0 spiro atoms. The molecule has 1 aromatic carbocycles. The number of nitrogen functional groups attached to an aromatic ring is 1. The van der Waals surface area contributed by atoms with Crippen LogP contribution in [0.15, 0.2) is 18.2 Å². The Balaban J connectivity index is 2.54. The molecule has 0 heterocycles. The first-order valence-corrected chi connectivity index (χ1v) is 5.03. The van der Waals surface area contributed by atoms with Gasteiger partial charge in [-0.1, -0.05) is 26.0 Å². The fraction of sp³-hybridized carbons (Fsp3) is 0.500. The maximum absolute atomic E-state index is 5.80. The van der Waals surface area contributed by atoms with Crippen LogP contribution in [0.4, 0.5) is 5.69 Å². The van der Waals surface area contributed by atoms with Crippen LogP contribution in [0.5, 0.6) is 0 Å². The van der Waals surface area contributed by atoms with Crippen molar-refractivity contribution in [2.75, 3.05) is 12.3 Å². The molecular weight excluding hydrogens is 174 g/mol. The van der Waals surface area contributed by atoms with E-state index in [1.165, 1.54) is 5.56 Å². The van der Waals surface area contributed by atoms with Gasteiger partial charge in [-0.2, -0.15) is 0 Å². The molecule has 2 N–H and O–H groups in total. The smallest absolute Gasteiger partial charge is 0.0720 e. The molecule has 2 heteroatoms. The second-order valence-electron chi connectivity index (χ2n) is 4.04. The third-order valence-corrected chi connectivity index (χ3v) is 2.20. The Morgan fingerprint density at radius 3 is 2.71 bits per heavy atom. The van der Waals surface area contributed by atoms with Gasteiger partial charge < -0.3 is 10.5 Å². The van der Waals surface area contributed by atoms with Crippen LogP contribution in [0, 0.1) is 12.8 Å². The van der Waals surface area contributed by atoms with Crippen LogP contribution in [-0.4, -0.2) is 6.61 Å². The first-order valence-electron chi connectivity index (χ1n) is 5.03. The molecule has 0 saturated carbocycles. The fourth-order valence-corrected chi connectivity index (χ4v) is 1.26. The zero-order valence-electron chi connectivity index (χ0n) is 9.21. The number of rotatable bonds is 4. The molecule has 0 radical (unpaired) electrons. The van der Waals surface area contributed by atoms with Crippen molar-refractivity contribution in [3.63, 3.8) is 0 Å². The van der Waals surface area contributed by atoms with E-state index in [9.17, 15) is 0 Å². The van der Waals surface area contributed by atoms with Crippen LogP contribution < -0.4 is 5.73 Å². The molecule has 0 unspecified atom stereocenters. The van der Waals surface area contributed by atoms with E-state index < -0.39 is 0 Å². The molecule has 0 fully saturated rings. The number of nitrogens with two attached hydrogens (primary N) is 1. The van der Waals surface area contributed by atoms with Crippen molar-refractivity contribution in [3.8, 4) is 0 Å². The lowest BCUT2D eigenvalue weighted by Crippen LogP contribution is -2.03. The van der Waals surface area contributed by atoms with Crippen molar-refractivity contribution in [1.29, 1.82) is 0 Å². The number of anilines is 1. The molecule has 0 aliphatic heterocycles. The van der Waals surface area contributed by atoms with Gasteiger partial charge in [-0.15, -0.1) is 0 Å². The molecule has 0 atom stereocenters. The minimum atomic E-state index is 0.580. The van der Waals surface area contributed by atoms with Gasteiger partial charge in [-0.25, -0.2) is 0 Å². The van der Waals surface area contributed by atoms with Crippen LogP contribution >= 0.6 is 0 Å². The summed E-state index contributed by atoms with van der Waals surface area (Å²) in [5.74, 6) is 0.580. The van der Waals surface area contributed by atoms with Gasteiger partial charge in [0, 0.05) is 12.3 Å². The maximum Gasteiger partial charge on any atom is 0.0720 e. The van der Waals surface area contributed by atoms with Gasteiger partial charge in [0.15, 0.2) is 0 Å². The quantitative estimate of drug-likeness (QED) is 0.746. The minimum Gasteiger partial charge on any atom is -0.399 e. The highest BCUT2D eigenvalue weighted by atomic mass is 16.5. The van der Waals surface area contributed by atoms with Gasteiger partial charge in [0.25, 0.3) is 0 Å². The van der Waals surface area contributed by atoms with Crippen LogP contribution in [0.25, 0.3) is 0 Å². The largest absolute Gasteiger partial charge is 0.399 e. The molecule has 1 rings (SSSR count). The summed E-state index contributed by atoms with van der Waals surface area (Å²) >= 11 is 0. The molecule has 0 aliphatic carbocycles. The third kappa shape index (κ3) is 3.04. The van der Waals surface area contributed by atoms with Crippen molar-refractivity contribution in [1.82, 2.24) is 0 Å². The summed E-state index contributed by atoms with van der Waals surface area (Å²) < 4.78 is 5.56. The van der Waals surface area contributed by atoms with Crippen LogP contribution in [0.2, 0.25) is 0 Å². The Morgan fingerprint density at radius 2 is 2.07 bits per heavy atom. The highest BCUT2D eigenvalue weighted by molar-refractivity contribution is 5.49. The summed E-state index contributed by atoms with van der Waals surface area (Å²) in [4.78, 5) is 0. The third-order valence-electron chi connectivity index (χ3n) is 2.20. The Labute approximate surface area is 86.1 Å².